The Bertz CT molecular complexity index is 713. The van der Waals surface area contributed by atoms with Crippen molar-refractivity contribution >= 4 is 5.97 Å². The second-order valence-electron chi connectivity index (χ2n) is 11.3. The van der Waals surface area contributed by atoms with E-state index >= 15 is 0 Å². The van der Waals surface area contributed by atoms with E-state index in [0.29, 0.717) is 29.4 Å². The fourth-order valence-electron chi connectivity index (χ4n) is 8.89. The number of nitrogens with one attached hydrogen (secondary N) is 1. The van der Waals surface area contributed by atoms with Crippen molar-refractivity contribution in [2.75, 3.05) is 13.2 Å². The van der Waals surface area contributed by atoms with Gasteiger partial charge in [-0.2, -0.15) is 0 Å². The second kappa shape index (κ2) is 7.25. The summed E-state index contributed by atoms with van der Waals surface area (Å²) < 4.78 is 5.29. The van der Waals surface area contributed by atoms with Crippen LogP contribution in [-0.4, -0.2) is 25.2 Å². The monoisotopic (exact) mass is 397 g/mol. The van der Waals surface area contributed by atoms with Crippen LogP contribution in [0.15, 0.2) is 24.3 Å². The zero-order valence-electron chi connectivity index (χ0n) is 18.4. The van der Waals surface area contributed by atoms with E-state index in [4.69, 9.17) is 4.74 Å². The molecule has 160 valence electrons. The first-order chi connectivity index (χ1) is 14.0. The quantitative estimate of drug-likeness (QED) is 0.518. The molecule has 0 amide bonds. The van der Waals surface area contributed by atoms with E-state index in [1.165, 1.54) is 63.4 Å². The minimum Gasteiger partial charge on any atom is -0.458 e. The van der Waals surface area contributed by atoms with Gasteiger partial charge in [-0.3, -0.25) is 0 Å². The topological polar surface area (TPSA) is 38.3 Å². The molecule has 0 saturated heterocycles. The fraction of sp³-hybridized carbons (Fsp3) is 0.808. The lowest BCUT2D eigenvalue weighted by Gasteiger charge is -2.61. The predicted octanol–water partition coefficient (Wildman–Crippen LogP) is 5.27. The number of carbonyl (C=O) groups is 1. The van der Waals surface area contributed by atoms with Crippen LogP contribution in [0.4, 0.5) is 0 Å². The lowest BCUT2D eigenvalue weighted by Crippen LogP contribution is -2.55. The summed E-state index contributed by atoms with van der Waals surface area (Å²) in [5.74, 6) is 4.01. The average molecular weight is 398 g/mol. The summed E-state index contributed by atoms with van der Waals surface area (Å²) in [5, 5.41) is 3.71. The number of carbonyl (C=O) groups excluding carboxylic acids is 1. The Hall–Kier alpha value is -1.09. The Labute approximate surface area is 176 Å². The van der Waals surface area contributed by atoms with Crippen LogP contribution >= 0.6 is 0 Å². The van der Waals surface area contributed by atoms with Gasteiger partial charge < -0.3 is 10.1 Å². The number of fused-ring (bicyclic) bond motifs is 5. The molecular formula is C26H39NO2. The number of cyclic esters (lactones) is 1. The number of hydrogen-bond acceptors (Lipinski definition) is 3. The summed E-state index contributed by atoms with van der Waals surface area (Å²) in [7, 11) is 0. The standard InChI is InChI=1S/C26H39NO2/c1-4-13-27-19-9-11-25(2)18(15-19)5-6-20-22-8-7-21(17-14-24(28)29-16-17)26(22,3)12-10-23(20)25/h4,14,18-23,27H,1,5-13,15-16H2,2-3H3/t18?,19?,20-,21+,22-,23-,25-,26+/m0/s1. The molecule has 4 saturated carbocycles. The molecule has 0 aromatic heterocycles. The third-order valence-electron chi connectivity index (χ3n) is 10.3. The number of hydrogen-bond donors (Lipinski definition) is 1. The third-order valence-corrected chi connectivity index (χ3v) is 10.3. The van der Waals surface area contributed by atoms with Crippen molar-refractivity contribution in [1.29, 1.82) is 0 Å². The maximum absolute atomic E-state index is 11.7. The molecule has 8 atom stereocenters. The van der Waals surface area contributed by atoms with Gasteiger partial charge in [0.25, 0.3) is 0 Å². The zero-order chi connectivity index (χ0) is 20.2. The minimum absolute atomic E-state index is 0.115. The van der Waals surface area contributed by atoms with Crippen molar-refractivity contribution < 1.29 is 9.53 Å². The predicted molar refractivity (Wildman–Crippen MR) is 116 cm³/mol. The van der Waals surface area contributed by atoms with Gasteiger partial charge in [-0.05, 0) is 104 Å². The van der Waals surface area contributed by atoms with Crippen LogP contribution in [0.25, 0.3) is 0 Å². The first kappa shape index (κ1) is 19.8. The van der Waals surface area contributed by atoms with E-state index in [9.17, 15) is 4.79 Å². The van der Waals surface area contributed by atoms with Gasteiger partial charge >= 0.3 is 5.97 Å². The molecule has 0 spiro atoms. The van der Waals surface area contributed by atoms with Crippen LogP contribution in [0.3, 0.4) is 0 Å². The first-order valence-corrected chi connectivity index (χ1v) is 12.2. The molecule has 1 heterocycles. The van der Waals surface area contributed by atoms with Crippen molar-refractivity contribution in [3.8, 4) is 0 Å². The molecule has 1 aliphatic heterocycles. The van der Waals surface area contributed by atoms with Crippen LogP contribution < -0.4 is 5.32 Å². The molecular weight excluding hydrogens is 358 g/mol. The van der Waals surface area contributed by atoms with Gasteiger partial charge in [0.15, 0.2) is 0 Å². The highest BCUT2D eigenvalue weighted by Crippen LogP contribution is 2.68. The molecule has 4 fully saturated rings. The molecule has 3 heteroatoms. The van der Waals surface area contributed by atoms with E-state index in [0.717, 1.165) is 30.2 Å². The lowest BCUT2D eigenvalue weighted by atomic mass is 9.44. The maximum Gasteiger partial charge on any atom is 0.331 e. The lowest BCUT2D eigenvalue weighted by molar-refractivity contribution is -0.135. The van der Waals surface area contributed by atoms with Crippen molar-refractivity contribution in [3.63, 3.8) is 0 Å². The highest BCUT2D eigenvalue weighted by molar-refractivity contribution is 5.85. The first-order valence-electron chi connectivity index (χ1n) is 12.2. The van der Waals surface area contributed by atoms with Gasteiger partial charge in [0.1, 0.15) is 6.61 Å². The van der Waals surface area contributed by atoms with E-state index in [2.05, 4.69) is 25.7 Å². The molecule has 29 heavy (non-hydrogen) atoms. The summed E-state index contributed by atoms with van der Waals surface area (Å²) in [4.78, 5) is 11.7. The van der Waals surface area contributed by atoms with Gasteiger partial charge in [-0.25, -0.2) is 4.79 Å². The zero-order valence-corrected chi connectivity index (χ0v) is 18.4. The molecule has 0 aromatic carbocycles. The number of esters is 1. The largest absolute Gasteiger partial charge is 0.458 e. The molecule has 5 aliphatic rings. The molecule has 2 unspecified atom stereocenters. The highest BCUT2D eigenvalue weighted by Gasteiger charge is 2.60. The molecule has 0 bridgehead atoms. The van der Waals surface area contributed by atoms with Crippen LogP contribution in [0.2, 0.25) is 0 Å². The van der Waals surface area contributed by atoms with Gasteiger partial charge in [0.05, 0.1) is 0 Å². The van der Waals surface area contributed by atoms with Gasteiger partial charge in [-0.1, -0.05) is 19.9 Å². The van der Waals surface area contributed by atoms with Gasteiger partial charge in [0.2, 0.25) is 0 Å². The molecule has 4 aliphatic carbocycles. The highest BCUT2D eigenvalue weighted by atomic mass is 16.5. The SMILES string of the molecule is C=CCNC1CC[C@@]2(C)C(CC[C@H]3[C@@H]4CC[C@H](C5=CC(=O)OC5)[C@@]4(C)CC[C@@H]32)C1. The summed E-state index contributed by atoms with van der Waals surface area (Å²) in [5.41, 5.74) is 2.22. The van der Waals surface area contributed by atoms with Crippen molar-refractivity contribution in [2.24, 2.45) is 40.4 Å². The molecule has 3 nitrogen and oxygen atoms in total. The van der Waals surface area contributed by atoms with Crippen molar-refractivity contribution in [1.82, 2.24) is 5.32 Å². The fourth-order valence-corrected chi connectivity index (χ4v) is 8.89. The van der Waals surface area contributed by atoms with Gasteiger partial charge in [0, 0.05) is 18.7 Å². The smallest absolute Gasteiger partial charge is 0.331 e. The second-order valence-corrected chi connectivity index (χ2v) is 11.3. The van der Waals surface area contributed by atoms with E-state index < -0.39 is 0 Å². The molecule has 1 N–H and O–H groups in total. The Morgan fingerprint density at radius 3 is 2.66 bits per heavy atom. The number of ether oxygens (including phenoxy) is 1. The van der Waals surface area contributed by atoms with Crippen LogP contribution in [0.1, 0.15) is 71.6 Å². The molecule has 0 radical (unpaired) electrons. The summed E-state index contributed by atoms with van der Waals surface area (Å²) in [6.45, 7) is 10.6. The van der Waals surface area contributed by atoms with Crippen LogP contribution in [-0.2, 0) is 9.53 Å². The Morgan fingerprint density at radius 1 is 1.10 bits per heavy atom. The normalized spacial score (nSPS) is 48.9. The Kier molecular flexibility index (Phi) is 4.96. The number of rotatable bonds is 4. The average Bonchev–Trinajstić information content (AvgIpc) is 3.28. The maximum atomic E-state index is 11.7. The molecule has 5 rings (SSSR count). The summed E-state index contributed by atoms with van der Waals surface area (Å²) in [6, 6.07) is 0.694. The van der Waals surface area contributed by atoms with E-state index in [-0.39, 0.29) is 5.97 Å². The third kappa shape index (κ3) is 3.06. The van der Waals surface area contributed by atoms with Gasteiger partial charge in [-0.15, -0.1) is 6.58 Å². The van der Waals surface area contributed by atoms with Crippen molar-refractivity contribution in [3.05, 3.63) is 24.3 Å². The summed E-state index contributed by atoms with van der Waals surface area (Å²) >= 11 is 0. The summed E-state index contributed by atoms with van der Waals surface area (Å²) in [6.07, 6.45) is 16.1. The van der Waals surface area contributed by atoms with Crippen LogP contribution in [0, 0.1) is 40.4 Å². The van der Waals surface area contributed by atoms with Crippen molar-refractivity contribution in [2.45, 2.75) is 77.7 Å². The minimum atomic E-state index is -0.115. The van der Waals surface area contributed by atoms with E-state index in [1.807, 2.05) is 12.2 Å². The van der Waals surface area contributed by atoms with Crippen LogP contribution in [0.5, 0.6) is 0 Å². The van der Waals surface area contributed by atoms with E-state index in [1.54, 1.807) is 0 Å². The molecule has 0 aromatic rings. The Morgan fingerprint density at radius 2 is 1.90 bits per heavy atom. The Balaban J connectivity index is 1.34.